The Labute approximate surface area is 166 Å². The second kappa shape index (κ2) is 9.16. The van der Waals surface area contributed by atoms with Gasteiger partial charge in [0.2, 0.25) is 0 Å². The molecule has 0 amide bonds. The molecule has 0 radical (unpaired) electrons. The van der Waals surface area contributed by atoms with Gasteiger partial charge in [-0.2, -0.15) is 0 Å². The van der Waals surface area contributed by atoms with Gasteiger partial charge in [-0.1, -0.05) is 84.9 Å². The van der Waals surface area contributed by atoms with E-state index in [1.54, 1.807) is 0 Å². The van der Waals surface area contributed by atoms with Crippen LogP contribution in [0.5, 0.6) is 0 Å². The van der Waals surface area contributed by atoms with Crippen LogP contribution < -0.4 is 5.32 Å². The molecule has 0 spiro atoms. The third-order valence-electron chi connectivity index (χ3n) is 4.94. The van der Waals surface area contributed by atoms with Crippen LogP contribution in [0.3, 0.4) is 0 Å². The average Bonchev–Trinajstić information content (AvgIpc) is 3.20. The zero-order valence-corrected chi connectivity index (χ0v) is 16.0. The predicted molar refractivity (Wildman–Crippen MR) is 115 cm³/mol. The van der Waals surface area contributed by atoms with E-state index in [1.807, 2.05) is 18.6 Å². The van der Waals surface area contributed by atoms with Gasteiger partial charge in [-0.3, -0.25) is 0 Å². The normalized spacial score (nSPS) is 10.9. The van der Waals surface area contributed by atoms with Crippen LogP contribution in [0.2, 0.25) is 0 Å². The Hall–Kier alpha value is -3.17. The largest absolute Gasteiger partial charge is 0.330 e. The predicted octanol–water partition coefficient (Wildman–Crippen LogP) is 4.93. The lowest BCUT2D eigenvalue weighted by molar-refractivity contribution is 0.652. The van der Waals surface area contributed by atoms with Crippen LogP contribution in [0.25, 0.3) is 11.1 Å². The summed E-state index contributed by atoms with van der Waals surface area (Å²) >= 11 is 0. The molecule has 3 heteroatoms. The molecule has 0 unspecified atom stereocenters. The van der Waals surface area contributed by atoms with Crippen LogP contribution in [-0.2, 0) is 19.5 Å². The van der Waals surface area contributed by atoms with Crippen LogP contribution in [0.4, 0.5) is 0 Å². The minimum absolute atomic E-state index is 0.872. The summed E-state index contributed by atoms with van der Waals surface area (Å²) in [5.74, 6) is 0. The molecule has 0 aliphatic rings. The minimum atomic E-state index is 0.872. The molecule has 1 heterocycles. The highest BCUT2D eigenvalue weighted by molar-refractivity contribution is 5.63. The third kappa shape index (κ3) is 4.76. The second-order valence-electron chi connectivity index (χ2n) is 6.99. The summed E-state index contributed by atoms with van der Waals surface area (Å²) in [6.45, 7) is 2.68. The molecular weight excluding hydrogens is 342 g/mol. The van der Waals surface area contributed by atoms with Gasteiger partial charge >= 0.3 is 0 Å². The molecule has 0 aliphatic heterocycles. The fourth-order valence-corrected chi connectivity index (χ4v) is 3.37. The summed E-state index contributed by atoms with van der Waals surface area (Å²) in [4.78, 5) is 4.33. The molecule has 4 aromatic rings. The van der Waals surface area contributed by atoms with E-state index < -0.39 is 0 Å². The maximum absolute atomic E-state index is 4.33. The van der Waals surface area contributed by atoms with Gasteiger partial charge in [0.15, 0.2) is 0 Å². The van der Waals surface area contributed by atoms with E-state index in [-0.39, 0.29) is 0 Å². The zero-order chi connectivity index (χ0) is 19.0. The smallest absolute Gasteiger partial charge is 0.0951 e. The van der Waals surface area contributed by atoms with Gasteiger partial charge in [-0.05, 0) is 22.3 Å². The minimum Gasteiger partial charge on any atom is -0.330 e. The first kappa shape index (κ1) is 18.2. The van der Waals surface area contributed by atoms with Crippen molar-refractivity contribution in [1.82, 2.24) is 14.9 Å². The Bertz CT molecular complexity index is 973. The van der Waals surface area contributed by atoms with E-state index in [0.29, 0.717) is 0 Å². The summed E-state index contributed by atoms with van der Waals surface area (Å²) in [6.07, 6.45) is 4.86. The van der Waals surface area contributed by atoms with Crippen LogP contribution in [0.15, 0.2) is 97.5 Å². The molecular formula is C25H25N3. The highest BCUT2D eigenvalue weighted by atomic mass is 15.0. The first-order chi connectivity index (χ1) is 13.9. The molecule has 3 aromatic carbocycles. The van der Waals surface area contributed by atoms with E-state index in [0.717, 1.165) is 26.1 Å². The van der Waals surface area contributed by atoms with Gasteiger partial charge in [-0.25, -0.2) is 4.98 Å². The Kier molecular flexibility index (Phi) is 5.95. The Balaban J connectivity index is 1.27. The maximum atomic E-state index is 4.33. The molecule has 28 heavy (non-hydrogen) atoms. The summed E-state index contributed by atoms with van der Waals surface area (Å²) in [7, 11) is 0. The summed E-state index contributed by atoms with van der Waals surface area (Å²) in [5.41, 5.74) is 6.38. The molecule has 0 fully saturated rings. The van der Waals surface area contributed by atoms with E-state index in [2.05, 4.69) is 93.7 Å². The monoisotopic (exact) mass is 367 g/mol. The first-order valence-corrected chi connectivity index (χ1v) is 9.76. The van der Waals surface area contributed by atoms with Crippen molar-refractivity contribution in [3.8, 4) is 11.1 Å². The third-order valence-corrected chi connectivity index (χ3v) is 4.94. The fourth-order valence-electron chi connectivity index (χ4n) is 3.37. The SMILES string of the molecule is c1ccc(Cn2cncc2CCNCc2ccc(-c3ccccc3)cc2)cc1. The Morgan fingerprint density at radius 3 is 2.14 bits per heavy atom. The second-order valence-corrected chi connectivity index (χ2v) is 6.99. The van der Waals surface area contributed by atoms with E-state index in [4.69, 9.17) is 0 Å². The van der Waals surface area contributed by atoms with Gasteiger partial charge in [0.1, 0.15) is 0 Å². The molecule has 1 aromatic heterocycles. The zero-order valence-electron chi connectivity index (χ0n) is 16.0. The number of nitrogens with zero attached hydrogens (tertiary/aromatic N) is 2. The van der Waals surface area contributed by atoms with E-state index >= 15 is 0 Å². The number of aromatic nitrogens is 2. The number of nitrogens with one attached hydrogen (secondary N) is 1. The van der Waals surface area contributed by atoms with Crippen molar-refractivity contribution in [2.24, 2.45) is 0 Å². The standard InChI is InChI=1S/C25H25N3/c1-3-7-22(8-4-1)19-28-20-27-18-25(28)15-16-26-17-21-11-13-24(14-12-21)23-9-5-2-6-10-23/h1-14,18,20,26H,15-17,19H2. The number of hydrogen-bond donors (Lipinski definition) is 1. The molecule has 4 rings (SSSR count). The fraction of sp³-hybridized carbons (Fsp3) is 0.160. The van der Waals surface area contributed by atoms with Crippen LogP contribution in [0.1, 0.15) is 16.8 Å². The summed E-state index contributed by atoms with van der Waals surface area (Å²) in [5, 5.41) is 3.55. The lowest BCUT2D eigenvalue weighted by atomic mass is 10.0. The highest BCUT2D eigenvalue weighted by Gasteiger charge is 2.03. The number of rotatable bonds is 8. The van der Waals surface area contributed by atoms with Crippen molar-refractivity contribution in [3.63, 3.8) is 0 Å². The Morgan fingerprint density at radius 1 is 0.714 bits per heavy atom. The van der Waals surface area contributed by atoms with Gasteiger partial charge < -0.3 is 9.88 Å². The van der Waals surface area contributed by atoms with E-state index in [9.17, 15) is 0 Å². The maximum Gasteiger partial charge on any atom is 0.0951 e. The van der Waals surface area contributed by atoms with Crippen LogP contribution in [0, 0.1) is 0 Å². The van der Waals surface area contributed by atoms with Gasteiger partial charge in [0.25, 0.3) is 0 Å². The molecule has 0 aliphatic carbocycles. The molecule has 0 saturated heterocycles. The number of imidazole rings is 1. The van der Waals surface area contributed by atoms with Gasteiger partial charge in [0, 0.05) is 37.9 Å². The van der Waals surface area contributed by atoms with Crippen molar-refractivity contribution in [2.75, 3.05) is 6.54 Å². The summed E-state index contributed by atoms with van der Waals surface area (Å²) in [6, 6.07) is 29.8. The number of benzene rings is 3. The van der Waals surface area contributed by atoms with Crippen molar-refractivity contribution < 1.29 is 0 Å². The van der Waals surface area contributed by atoms with Crippen molar-refractivity contribution in [3.05, 3.63) is 114 Å². The molecule has 0 saturated carbocycles. The van der Waals surface area contributed by atoms with Crippen molar-refractivity contribution in [2.45, 2.75) is 19.5 Å². The molecule has 140 valence electrons. The van der Waals surface area contributed by atoms with E-state index in [1.165, 1.54) is 27.9 Å². The molecule has 0 bridgehead atoms. The van der Waals surface area contributed by atoms with Gasteiger partial charge in [0.05, 0.1) is 6.33 Å². The quantitative estimate of drug-likeness (QED) is 0.448. The lowest BCUT2D eigenvalue weighted by Crippen LogP contribution is -2.18. The van der Waals surface area contributed by atoms with Crippen molar-refractivity contribution >= 4 is 0 Å². The molecule has 1 N–H and O–H groups in total. The van der Waals surface area contributed by atoms with Crippen LogP contribution in [-0.4, -0.2) is 16.1 Å². The highest BCUT2D eigenvalue weighted by Crippen LogP contribution is 2.19. The Morgan fingerprint density at radius 2 is 1.39 bits per heavy atom. The first-order valence-electron chi connectivity index (χ1n) is 9.76. The topological polar surface area (TPSA) is 29.9 Å². The average molecular weight is 367 g/mol. The summed E-state index contributed by atoms with van der Waals surface area (Å²) < 4.78 is 2.23. The molecule has 0 atom stereocenters. The van der Waals surface area contributed by atoms with Crippen molar-refractivity contribution in [1.29, 1.82) is 0 Å². The molecule has 3 nitrogen and oxygen atoms in total. The number of hydrogen-bond acceptors (Lipinski definition) is 2. The van der Waals surface area contributed by atoms with Crippen LogP contribution >= 0.6 is 0 Å². The lowest BCUT2D eigenvalue weighted by Gasteiger charge is -2.10. The van der Waals surface area contributed by atoms with Gasteiger partial charge in [-0.15, -0.1) is 0 Å².